The molecule has 0 bridgehead atoms. The van der Waals surface area contributed by atoms with Gasteiger partial charge in [-0.2, -0.15) is 4.37 Å². The first-order chi connectivity index (χ1) is 7.28. The average Bonchev–Trinajstić information content (AvgIpc) is 2.65. The number of halogens is 1. The molecule has 0 spiro atoms. The summed E-state index contributed by atoms with van der Waals surface area (Å²) >= 11 is 2.80. The van der Waals surface area contributed by atoms with Gasteiger partial charge in [-0.1, -0.05) is 24.8 Å². The maximum absolute atomic E-state index is 12.9. The monoisotopic (exact) mass is 240 g/mol. The van der Waals surface area contributed by atoms with Gasteiger partial charge in [0.15, 0.2) is 4.34 Å². The molecule has 15 heavy (non-hydrogen) atoms. The van der Waals surface area contributed by atoms with Gasteiger partial charge in [0, 0.05) is 11.3 Å². The summed E-state index contributed by atoms with van der Waals surface area (Å²) in [6.45, 7) is 2.01. The number of rotatable bonds is 3. The highest BCUT2D eigenvalue weighted by Gasteiger charge is 2.04. The summed E-state index contributed by atoms with van der Waals surface area (Å²) < 4.78 is 17.9. The summed E-state index contributed by atoms with van der Waals surface area (Å²) in [7, 11) is 0. The van der Waals surface area contributed by atoms with Crippen LogP contribution in [0, 0.1) is 5.82 Å². The SMILES string of the molecule is CCc1nsc(Sc2cccc(F)c2)n1. The minimum atomic E-state index is -0.222. The molecule has 0 N–H and O–H groups in total. The maximum atomic E-state index is 12.9. The topological polar surface area (TPSA) is 25.8 Å². The lowest BCUT2D eigenvalue weighted by atomic mass is 10.4. The Bertz CT molecular complexity index is 456. The van der Waals surface area contributed by atoms with E-state index in [2.05, 4.69) is 9.36 Å². The zero-order valence-electron chi connectivity index (χ0n) is 8.11. The number of aryl methyl sites for hydroxylation is 1. The summed E-state index contributed by atoms with van der Waals surface area (Å²) in [6.07, 6.45) is 0.834. The lowest BCUT2D eigenvalue weighted by molar-refractivity contribution is 0.624. The van der Waals surface area contributed by atoms with Crippen LogP contribution in [0.1, 0.15) is 12.7 Å². The van der Waals surface area contributed by atoms with Crippen molar-refractivity contribution in [3.8, 4) is 0 Å². The van der Waals surface area contributed by atoms with E-state index in [9.17, 15) is 4.39 Å². The Labute approximate surface area is 95.7 Å². The van der Waals surface area contributed by atoms with Gasteiger partial charge in [-0.15, -0.1) is 0 Å². The highest BCUT2D eigenvalue weighted by Crippen LogP contribution is 2.29. The molecule has 0 atom stereocenters. The molecule has 0 fully saturated rings. The minimum Gasteiger partial charge on any atom is -0.213 e. The van der Waals surface area contributed by atoms with E-state index in [1.807, 2.05) is 13.0 Å². The molecule has 2 nitrogen and oxygen atoms in total. The number of benzene rings is 1. The minimum absolute atomic E-state index is 0.222. The van der Waals surface area contributed by atoms with Crippen molar-refractivity contribution < 1.29 is 4.39 Å². The first-order valence-electron chi connectivity index (χ1n) is 4.54. The zero-order chi connectivity index (χ0) is 10.7. The van der Waals surface area contributed by atoms with Crippen LogP contribution in [0.15, 0.2) is 33.5 Å². The predicted octanol–water partition coefficient (Wildman–Crippen LogP) is 3.39. The molecule has 5 heteroatoms. The molecule has 0 saturated heterocycles. The molecule has 0 aliphatic rings. The number of aromatic nitrogens is 2. The van der Waals surface area contributed by atoms with Crippen LogP contribution in [0.25, 0.3) is 0 Å². The third-order valence-electron chi connectivity index (χ3n) is 1.77. The predicted molar refractivity (Wildman–Crippen MR) is 59.8 cm³/mol. The maximum Gasteiger partial charge on any atom is 0.174 e. The van der Waals surface area contributed by atoms with Gasteiger partial charge in [-0.25, -0.2) is 9.37 Å². The first-order valence-corrected chi connectivity index (χ1v) is 6.13. The molecule has 0 aliphatic carbocycles. The zero-order valence-corrected chi connectivity index (χ0v) is 9.74. The normalized spacial score (nSPS) is 10.5. The van der Waals surface area contributed by atoms with Gasteiger partial charge < -0.3 is 0 Å². The van der Waals surface area contributed by atoms with E-state index in [4.69, 9.17) is 0 Å². The quantitative estimate of drug-likeness (QED) is 0.822. The van der Waals surface area contributed by atoms with Gasteiger partial charge in [0.2, 0.25) is 0 Å². The van der Waals surface area contributed by atoms with Crippen molar-refractivity contribution in [1.82, 2.24) is 9.36 Å². The summed E-state index contributed by atoms with van der Waals surface area (Å²) in [6, 6.07) is 6.49. The molecule has 0 saturated carbocycles. The molecule has 1 aromatic carbocycles. The van der Waals surface area contributed by atoms with E-state index < -0.39 is 0 Å². The van der Waals surface area contributed by atoms with Crippen molar-refractivity contribution in [1.29, 1.82) is 0 Å². The van der Waals surface area contributed by atoms with Crippen LogP contribution in [-0.2, 0) is 6.42 Å². The molecule has 0 aliphatic heterocycles. The Kier molecular flexibility index (Phi) is 3.33. The Balaban J connectivity index is 2.14. The van der Waals surface area contributed by atoms with Crippen LogP contribution < -0.4 is 0 Å². The highest BCUT2D eigenvalue weighted by atomic mass is 32.2. The van der Waals surface area contributed by atoms with Gasteiger partial charge in [-0.05, 0) is 29.7 Å². The summed E-state index contributed by atoms with van der Waals surface area (Å²) in [5.41, 5.74) is 0. The molecular weight excluding hydrogens is 231 g/mol. The van der Waals surface area contributed by atoms with E-state index in [1.54, 1.807) is 6.07 Å². The fourth-order valence-electron chi connectivity index (χ4n) is 1.05. The van der Waals surface area contributed by atoms with Crippen molar-refractivity contribution in [2.45, 2.75) is 22.6 Å². The lowest BCUT2D eigenvalue weighted by Crippen LogP contribution is -1.81. The molecule has 1 heterocycles. The number of hydrogen-bond acceptors (Lipinski definition) is 4. The van der Waals surface area contributed by atoms with E-state index >= 15 is 0 Å². The Morgan fingerprint density at radius 3 is 3.00 bits per heavy atom. The summed E-state index contributed by atoms with van der Waals surface area (Å²) in [5.74, 6) is 0.624. The summed E-state index contributed by atoms with van der Waals surface area (Å²) in [5, 5.41) is 0. The fraction of sp³-hybridized carbons (Fsp3) is 0.200. The molecule has 0 radical (unpaired) electrons. The van der Waals surface area contributed by atoms with E-state index in [0.29, 0.717) is 0 Å². The third kappa shape index (κ3) is 2.76. The molecule has 2 aromatic rings. The molecule has 2 rings (SSSR count). The van der Waals surface area contributed by atoms with E-state index in [1.165, 1.54) is 35.4 Å². The third-order valence-corrected chi connectivity index (χ3v) is 3.55. The number of nitrogens with zero attached hydrogens (tertiary/aromatic N) is 2. The van der Waals surface area contributed by atoms with Crippen LogP contribution >= 0.6 is 23.3 Å². The standard InChI is InChI=1S/C10H9FN2S2/c1-2-9-12-10(15-13-9)14-8-5-3-4-7(11)6-8/h3-6H,2H2,1H3. The van der Waals surface area contributed by atoms with Gasteiger partial charge in [-0.3, -0.25) is 0 Å². The van der Waals surface area contributed by atoms with Gasteiger partial charge in [0.1, 0.15) is 11.6 Å². The largest absolute Gasteiger partial charge is 0.213 e. The fourth-order valence-corrected chi connectivity index (χ4v) is 2.77. The second-order valence-electron chi connectivity index (χ2n) is 2.89. The van der Waals surface area contributed by atoms with Crippen LogP contribution in [0.5, 0.6) is 0 Å². The Morgan fingerprint density at radius 2 is 2.33 bits per heavy atom. The molecule has 0 unspecified atom stereocenters. The van der Waals surface area contributed by atoms with Crippen molar-refractivity contribution in [2.75, 3.05) is 0 Å². The van der Waals surface area contributed by atoms with Crippen molar-refractivity contribution in [3.63, 3.8) is 0 Å². The smallest absolute Gasteiger partial charge is 0.174 e. The van der Waals surface area contributed by atoms with Crippen LogP contribution in [0.4, 0.5) is 4.39 Å². The highest BCUT2D eigenvalue weighted by molar-refractivity contribution is 8.01. The lowest BCUT2D eigenvalue weighted by Gasteiger charge is -1.95. The summed E-state index contributed by atoms with van der Waals surface area (Å²) in [4.78, 5) is 5.16. The van der Waals surface area contributed by atoms with Crippen molar-refractivity contribution in [3.05, 3.63) is 35.9 Å². The average molecular weight is 240 g/mol. The molecule has 1 aromatic heterocycles. The van der Waals surface area contributed by atoms with Crippen LogP contribution in [-0.4, -0.2) is 9.36 Å². The molecule has 0 amide bonds. The number of hydrogen-bond donors (Lipinski definition) is 0. The van der Waals surface area contributed by atoms with Crippen molar-refractivity contribution in [2.24, 2.45) is 0 Å². The van der Waals surface area contributed by atoms with Crippen molar-refractivity contribution >= 4 is 23.3 Å². The Morgan fingerprint density at radius 1 is 1.47 bits per heavy atom. The second kappa shape index (κ2) is 4.72. The van der Waals surface area contributed by atoms with Crippen LogP contribution in [0.3, 0.4) is 0 Å². The van der Waals surface area contributed by atoms with Gasteiger partial charge >= 0.3 is 0 Å². The molecule has 78 valence electrons. The van der Waals surface area contributed by atoms with E-state index in [0.717, 1.165) is 21.5 Å². The first kappa shape index (κ1) is 10.6. The van der Waals surface area contributed by atoms with Gasteiger partial charge in [0.25, 0.3) is 0 Å². The Hall–Kier alpha value is -0.940. The van der Waals surface area contributed by atoms with Crippen LogP contribution in [0.2, 0.25) is 0 Å². The van der Waals surface area contributed by atoms with E-state index in [-0.39, 0.29) is 5.82 Å². The second-order valence-corrected chi connectivity index (χ2v) is 4.96. The molecular formula is C10H9FN2S2. The van der Waals surface area contributed by atoms with Gasteiger partial charge in [0.05, 0.1) is 0 Å².